The molecule has 2 aromatic rings. The fourth-order valence-corrected chi connectivity index (χ4v) is 1.80. The minimum absolute atomic E-state index is 0.126. The van der Waals surface area contributed by atoms with Crippen LogP contribution in [0.15, 0.2) is 36.4 Å². The molecule has 0 spiro atoms. The molecule has 0 unspecified atom stereocenters. The maximum Gasteiger partial charge on any atom is 0.573 e. The first-order valence-electron chi connectivity index (χ1n) is 5.68. The van der Waals surface area contributed by atoms with Gasteiger partial charge >= 0.3 is 6.36 Å². The largest absolute Gasteiger partial charge is 0.573 e. The lowest BCUT2D eigenvalue weighted by molar-refractivity contribution is -0.274. The first-order valence-corrected chi connectivity index (χ1v) is 5.68. The molecular weight excluding hydrogens is 274 g/mol. The third kappa shape index (κ3) is 3.20. The first kappa shape index (κ1) is 14.2. The second-order valence-electron chi connectivity index (χ2n) is 4.28. The standard InChI is InChI=1S/C14H11F4NO/c1-8-2-4-10(12(15)6-8)11-7-9(3-5-13(11)19)20-14(16,17)18/h2-7H,19H2,1H3. The van der Waals surface area contributed by atoms with Crippen LogP contribution in [0.1, 0.15) is 5.56 Å². The van der Waals surface area contributed by atoms with Crippen molar-refractivity contribution in [2.45, 2.75) is 13.3 Å². The van der Waals surface area contributed by atoms with Gasteiger partial charge in [0, 0.05) is 16.8 Å². The molecule has 0 amide bonds. The van der Waals surface area contributed by atoms with Crippen LogP contribution >= 0.6 is 0 Å². The monoisotopic (exact) mass is 285 g/mol. The van der Waals surface area contributed by atoms with Crippen LogP contribution in [0.25, 0.3) is 11.1 Å². The number of benzene rings is 2. The Morgan fingerprint density at radius 3 is 2.30 bits per heavy atom. The number of hydrogen-bond donors (Lipinski definition) is 1. The van der Waals surface area contributed by atoms with Gasteiger partial charge in [-0.15, -0.1) is 13.2 Å². The molecule has 0 bridgehead atoms. The summed E-state index contributed by atoms with van der Waals surface area (Å²) in [6, 6.07) is 7.79. The van der Waals surface area contributed by atoms with Crippen molar-refractivity contribution >= 4 is 5.69 Å². The Labute approximate surface area is 112 Å². The molecule has 0 aliphatic heterocycles. The van der Waals surface area contributed by atoms with Crippen LogP contribution in [-0.2, 0) is 0 Å². The van der Waals surface area contributed by atoms with Crippen molar-refractivity contribution in [1.29, 1.82) is 0 Å². The minimum Gasteiger partial charge on any atom is -0.406 e. The summed E-state index contributed by atoms with van der Waals surface area (Å²) in [5, 5.41) is 0. The van der Waals surface area contributed by atoms with Crippen LogP contribution in [0, 0.1) is 12.7 Å². The van der Waals surface area contributed by atoms with Gasteiger partial charge in [-0.1, -0.05) is 12.1 Å². The van der Waals surface area contributed by atoms with Crippen molar-refractivity contribution in [3.63, 3.8) is 0 Å². The highest BCUT2D eigenvalue weighted by atomic mass is 19.4. The molecule has 2 N–H and O–H groups in total. The van der Waals surface area contributed by atoms with E-state index < -0.39 is 17.9 Å². The Kier molecular flexibility index (Phi) is 3.57. The van der Waals surface area contributed by atoms with Gasteiger partial charge in [-0.3, -0.25) is 0 Å². The lowest BCUT2D eigenvalue weighted by Gasteiger charge is -2.12. The van der Waals surface area contributed by atoms with Gasteiger partial charge in [0.25, 0.3) is 0 Å². The third-order valence-electron chi connectivity index (χ3n) is 2.67. The molecule has 0 atom stereocenters. The van der Waals surface area contributed by atoms with Crippen LogP contribution in [-0.4, -0.2) is 6.36 Å². The van der Waals surface area contributed by atoms with E-state index in [2.05, 4.69) is 4.74 Å². The molecule has 0 aliphatic rings. The Morgan fingerprint density at radius 1 is 1.00 bits per heavy atom. The van der Waals surface area contributed by atoms with E-state index in [1.807, 2.05) is 0 Å². The summed E-state index contributed by atoms with van der Waals surface area (Å²) in [5.74, 6) is -0.998. The number of nitrogen functional groups attached to an aromatic ring is 1. The number of rotatable bonds is 2. The third-order valence-corrected chi connectivity index (χ3v) is 2.67. The average Bonchev–Trinajstić information content (AvgIpc) is 2.30. The van der Waals surface area contributed by atoms with Gasteiger partial charge in [-0.05, 0) is 36.8 Å². The van der Waals surface area contributed by atoms with E-state index in [4.69, 9.17) is 5.73 Å². The Morgan fingerprint density at radius 2 is 1.70 bits per heavy atom. The lowest BCUT2D eigenvalue weighted by atomic mass is 10.0. The fraction of sp³-hybridized carbons (Fsp3) is 0.143. The van der Waals surface area contributed by atoms with Crippen LogP contribution < -0.4 is 10.5 Å². The highest BCUT2D eigenvalue weighted by molar-refractivity contribution is 5.78. The van der Waals surface area contributed by atoms with Gasteiger partial charge in [0.15, 0.2) is 0 Å². The van der Waals surface area contributed by atoms with Gasteiger partial charge in [0.1, 0.15) is 11.6 Å². The molecule has 0 aromatic heterocycles. The summed E-state index contributed by atoms with van der Waals surface area (Å²) in [6.07, 6.45) is -4.81. The Balaban J connectivity index is 2.48. The molecule has 2 nitrogen and oxygen atoms in total. The summed E-state index contributed by atoms with van der Waals surface area (Å²) in [7, 11) is 0. The highest BCUT2D eigenvalue weighted by Gasteiger charge is 2.31. The molecule has 0 saturated heterocycles. The molecule has 0 saturated carbocycles. The SMILES string of the molecule is Cc1ccc(-c2cc(OC(F)(F)F)ccc2N)c(F)c1. The molecular formula is C14H11F4NO. The molecule has 20 heavy (non-hydrogen) atoms. The number of alkyl halides is 3. The zero-order valence-corrected chi connectivity index (χ0v) is 10.5. The molecule has 0 aliphatic carbocycles. The predicted octanol–water partition coefficient (Wildman–Crippen LogP) is 4.28. The molecule has 6 heteroatoms. The first-order chi connectivity index (χ1) is 9.26. The second kappa shape index (κ2) is 5.03. The summed E-state index contributed by atoms with van der Waals surface area (Å²) >= 11 is 0. The summed E-state index contributed by atoms with van der Waals surface area (Å²) in [6.45, 7) is 1.71. The number of halogens is 4. The number of nitrogens with two attached hydrogens (primary N) is 1. The molecule has 0 fully saturated rings. The number of hydrogen-bond acceptors (Lipinski definition) is 2. The minimum atomic E-state index is -4.81. The Bertz CT molecular complexity index is 638. The van der Waals surface area contributed by atoms with Crippen molar-refractivity contribution in [2.75, 3.05) is 5.73 Å². The summed E-state index contributed by atoms with van der Waals surface area (Å²) < 4.78 is 54.2. The van der Waals surface area contributed by atoms with E-state index in [1.165, 1.54) is 18.2 Å². The molecule has 0 radical (unpaired) electrons. The Hall–Kier alpha value is -2.24. The van der Waals surface area contributed by atoms with E-state index in [0.717, 1.165) is 12.1 Å². The fourth-order valence-electron chi connectivity index (χ4n) is 1.80. The highest BCUT2D eigenvalue weighted by Crippen LogP contribution is 2.33. The zero-order valence-electron chi connectivity index (χ0n) is 10.5. The van der Waals surface area contributed by atoms with Crippen molar-refractivity contribution in [2.24, 2.45) is 0 Å². The number of aryl methyl sites for hydroxylation is 1. The van der Waals surface area contributed by atoms with E-state index in [-0.39, 0.29) is 16.8 Å². The van der Waals surface area contributed by atoms with E-state index >= 15 is 0 Å². The van der Waals surface area contributed by atoms with Crippen LogP contribution in [0.2, 0.25) is 0 Å². The van der Waals surface area contributed by atoms with Crippen molar-refractivity contribution in [1.82, 2.24) is 0 Å². The molecule has 106 valence electrons. The number of ether oxygens (including phenoxy) is 1. The smallest absolute Gasteiger partial charge is 0.406 e. The maximum absolute atomic E-state index is 13.9. The van der Waals surface area contributed by atoms with Crippen molar-refractivity contribution in [3.8, 4) is 16.9 Å². The molecule has 2 aromatic carbocycles. The van der Waals surface area contributed by atoms with Crippen molar-refractivity contribution in [3.05, 3.63) is 47.8 Å². The van der Waals surface area contributed by atoms with E-state index in [9.17, 15) is 17.6 Å². The normalized spacial score (nSPS) is 11.4. The van der Waals surface area contributed by atoms with Crippen LogP contribution in [0.4, 0.5) is 23.2 Å². The van der Waals surface area contributed by atoms with Crippen LogP contribution in [0.5, 0.6) is 5.75 Å². The van der Waals surface area contributed by atoms with Gasteiger partial charge in [-0.2, -0.15) is 0 Å². The summed E-state index contributed by atoms with van der Waals surface area (Å²) in [4.78, 5) is 0. The number of anilines is 1. The van der Waals surface area contributed by atoms with E-state index in [1.54, 1.807) is 13.0 Å². The summed E-state index contributed by atoms with van der Waals surface area (Å²) in [5.41, 5.74) is 6.84. The van der Waals surface area contributed by atoms with E-state index in [0.29, 0.717) is 5.56 Å². The molecule has 2 rings (SSSR count). The van der Waals surface area contributed by atoms with Gasteiger partial charge in [-0.25, -0.2) is 4.39 Å². The predicted molar refractivity (Wildman–Crippen MR) is 67.7 cm³/mol. The lowest BCUT2D eigenvalue weighted by Crippen LogP contribution is -2.17. The zero-order chi connectivity index (χ0) is 14.9. The maximum atomic E-state index is 13.9. The topological polar surface area (TPSA) is 35.2 Å². The molecule has 0 heterocycles. The van der Waals surface area contributed by atoms with Gasteiger partial charge < -0.3 is 10.5 Å². The average molecular weight is 285 g/mol. The van der Waals surface area contributed by atoms with Gasteiger partial charge in [0.05, 0.1) is 0 Å². The second-order valence-corrected chi connectivity index (χ2v) is 4.28. The van der Waals surface area contributed by atoms with Crippen LogP contribution in [0.3, 0.4) is 0 Å². The quantitative estimate of drug-likeness (QED) is 0.660. The van der Waals surface area contributed by atoms with Crippen molar-refractivity contribution < 1.29 is 22.3 Å². The van der Waals surface area contributed by atoms with Gasteiger partial charge in [0.2, 0.25) is 0 Å².